The zero-order chi connectivity index (χ0) is 20.9. The molecule has 1 aliphatic heterocycles. The third-order valence-electron chi connectivity index (χ3n) is 4.95. The Labute approximate surface area is 179 Å². The summed E-state index contributed by atoms with van der Waals surface area (Å²) >= 11 is 1.31. The summed E-state index contributed by atoms with van der Waals surface area (Å²) < 4.78 is 7.08. The summed E-state index contributed by atoms with van der Waals surface area (Å²) in [5.74, 6) is 0.117. The Bertz CT molecular complexity index is 994. The molecular formula is C21H24N6O2S. The van der Waals surface area contributed by atoms with Crippen LogP contribution in [0.5, 0.6) is 0 Å². The molecule has 0 atom stereocenters. The van der Waals surface area contributed by atoms with Crippen LogP contribution >= 0.6 is 11.8 Å². The number of benzene rings is 2. The second-order valence-corrected chi connectivity index (χ2v) is 8.04. The molecule has 1 fully saturated rings. The number of nitrogens with one attached hydrogen (secondary N) is 1. The topological polar surface area (TPSA) is 85.2 Å². The molecule has 1 amide bonds. The van der Waals surface area contributed by atoms with Gasteiger partial charge in [0.25, 0.3) is 0 Å². The second-order valence-electron chi connectivity index (χ2n) is 7.10. The van der Waals surface area contributed by atoms with Crippen LogP contribution in [0.1, 0.15) is 11.1 Å². The Morgan fingerprint density at radius 2 is 1.80 bits per heavy atom. The Balaban J connectivity index is 1.36. The molecule has 2 heterocycles. The van der Waals surface area contributed by atoms with E-state index in [2.05, 4.69) is 25.7 Å². The van der Waals surface area contributed by atoms with Crippen molar-refractivity contribution in [2.45, 2.75) is 19.0 Å². The van der Waals surface area contributed by atoms with Gasteiger partial charge in [-0.3, -0.25) is 4.79 Å². The first-order valence-corrected chi connectivity index (χ1v) is 10.8. The van der Waals surface area contributed by atoms with E-state index in [4.69, 9.17) is 4.74 Å². The minimum absolute atomic E-state index is 0.102. The van der Waals surface area contributed by atoms with E-state index in [9.17, 15) is 4.79 Å². The molecule has 156 valence electrons. The summed E-state index contributed by atoms with van der Waals surface area (Å²) in [5.41, 5.74) is 5.01. The molecule has 0 unspecified atom stereocenters. The first kappa shape index (κ1) is 20.4. The number of tetrazole rings is 1. The number of hydrogen-bond donors (Lipinski definition) is 1. The third-order valence-corrected chi connectivity index (χ3v) is 5.87. The van der Waals surface area contributed by atoms with Crippen LogP contribution in [0.3, 0.4) is 0 Å². The van der Waals surface area contributed by atoms with Crippen molar-refractivity contribution in [2.24, 2.45) is 0 Å². The van der Waals surface area contributed by atoms with E-state index >= 15 is 0 Å². The molecule has 2 aromatic carbocycles. The van der Waals surface area contributed by atoms with Gasteiger partial charge in [-0.2, -0.15) is 4.68 Å². The normalized spacial score (nSPS) is 14.0. The largest absolute Gasteiger partial charge is 0.378 e. The minimum atomic E-state index is -0.102. The van der Waals surface area contributed by atoms with Crippen molar-refractivity contribution in [3.63, 3.8) is 0 Å². The van der Waals surface area contributed by atoms with E-state index in [1.54, 1.807) is 4.68 Å². The van der Waals surface area contributed by atoms with Crippen LogP contribution in [0.25, 0.3) is 5.69 Å². The van der Waals surface area contributed by atoms with E-state index in [0.29, 0.717) is 5.16 Å². The van der Waals surface area contributed by atoms with Crippen molar-refractivity contribution in [1.29, 1.82) is 0 Å². The number of rotatable bonds is 6. The number of ether oxygens (including phenoxy) is 1. The standard InChI is InChI=1S/C21H24N6O2S/c1-15-4-3-5-16(2)20(15)27-21(23-24-25-27)30-14-19(28)22-17-6-8-18(9-7-17)26-10-12-29-13-11-26/h3-9H,10-14H2,1-2H3,(H,22,28). The van der Waals surface area contributed by atoms with Gasteiger partial charge in [0.15, 0.2) is 0 Å². The number of para-hydroxylation sites is 1. The molecule has 0 spiro atoms. The molecule has 3 aromatic rings. The fraction of sp³-hybridized carbons (Fsp3) is 0.333. The maximum atomic E-state index is 12.4. The first-order chi connectivity index (χ1) is 14.6. The summed E-state index contributed by atoms with van der Waals surface area (Å²) in [6.45, 7) is 7.31. The van der Waals surface area contributed by atoms with Crippen molar-refractivity contribution < 1.29 is 9.53 Å². The molecule has 4 rings (SSSR count). The van der Waals surface area contributed by atoms with Gasteiger partial charge in [0, 0.05) is 24.5 Å². The smallest absolute Gasteiger partial charge is 0.234 e. The lowest BCUT2D eigenvalue weighted by molar-refractivity contribution is -0.113. The molecular weight excluding hydrogens is 400 g/mol. The van der Waals surface area contributed by atoms with Gasteiger partial charge in [0.2, 0.25) is 11.1 Å². The van der Waals surface area contributed by atoms with E-state index in [1.807, 2.05) is 56.3 Å². The Morgan fingerprint density at radius 1 is 1.10 bits per heavy atom. The van der Waals surface area contributed by atoms with Crippen LogP contribution in [-0.2, 0) is 9.53 Å². The molecule has 8 nitrogen and oxygen atoms in total. The molecule has 1 saturated heterocycles. The number of nitrogens with zero attached hydrogens (tertiary/aromatic N) is 5. The fourth-order valence-electron chi connectivity index (χ4n) is 3.45. The van der Waals surface area contributed by atoms with E-state index < -0.39 is 0 Å². The van der Waals surface area contributed by atoms with E-state index in [-0.39, 0.29) is 11.7 Å². The molecule has 9 heteroatoms. The molecule has 1 aromatic heterocycles. The van der Waals surface area contributed by atoms with Gasteiger partial charge < -0.3 is 15.0 Å². The monoisotopic (exact) mass is 424 g/mol. The number of amides is 1. The van der Waals surface area contributed by atoms with Crippen LogP contribution in [0, 0.1) is 13.8 Å². The van der Waals surface area contributed by atoms with Gasteiger partial charge in [0.1, 0.15) is 0 Å². The van der Waals surface area contributed by atoms with Gasteiger partial charge in [0.05, 0.1) is 24.7 Å². The van der Waals surface area contributed by atoms with Crippen molar-refractivity contribution in [3.05, 3.63) is 53.6 Å². The SMILES string of the molecule is Cc1cccc(C)c1-n1nnnc1SCC(=O)Nc1ccc(N2CCOCC2)cc1. The number of aromatic nitrogens is 4. The highest BCUT2D eigenvalue weighted by Crippen LogP contribution is 2.24. The third kappa shape index (κ3) is 4.63. The lowest BCUT2D eigenvalue weighted by atomic mass is 10.1. The number of hydrogen-bond acceptors (Lipinski definition) is 7. The number of morpholine rings is 1. The highest BCUT2D eigenvalue weighted by Gasteiger charge is 2.15. The Morgan fingerprint density at radius 3 is 2.50 bits per heavy atom. The summed E-state index contributed by atoms with van der Waals surface area (Å²) in [4.78, 5) is 14.7. The van der Waals surface area contributed by atoms with Gasteiger partial charge in [-0.1, -0.05) is 30.0 Å². The maximum absolute atomic E-state index is 12.4. The van der Waals surface area contributed by atoms with Crippen LogP contribution in [0.15, 0.2) is 47.6 Å². The second kappa shape index (κ2) is 9.27. The van der Waals surface area contributed by atoms with Gasteiger partial charge in [-0.25, -0.2) is 0 Å². The first-order valence-electron chi connectivity index (χ1n) is 9.82. The highest BCUT2D eigenvalue weighted by molar-refractivity contribution is 7.99. The average molecular weight is 425 g/mol. The number of carbonyl (C=O) groups excluding carboxylic acids is 1. The Hall–Kier alpha value is -2.91. The summed E-state index contributed by atoms with van der Waals surface area (Å²) in [6.07, 6.45) is 0. The van der Waals surface area contributed by atoms with Crippen molar-refractivity contribution in [1.82, 2.24) is 20.2 Å². The summed E-state index contributed by atoms with van der Waals surface area (Å²) in [7, 11) is 0. The maximum Gasteiger partial charge on any atom is 0.234 e. The lowest BCUT2D eigenvalue weighted by Gasteiger charge is -2.28. The number of carbonyl (C=O) groups is 1. The summed E-state index contributed by atoms with van der Waals surface area (Å²) in [6, 6.07) is 13.9. The molecule has 1 aliphatic rings. The van der Waals surface area contributed by atoms with Crippen molar-refractivity contribution in [3.8, 4) is 5.69 Å². The molecule has 0 radical (unpaired) electrons. The zero-order valence-electron chi connectivity index (χ0n) is 17.0. The predicted octanol–water partition coefficient (Wildman–Crippen LogP) is 2.85. The lowest BCUT2D eigenvalue weighted by Crippen LogP contribution is -2.36. The van der Waals surface area contributed by atoms with E-state index in [0.717, 1.165) is 54.5 Å². The minimum Gasteiger partial charge on any atom is -0.378 e. The van der Waals surface area contributed by atoms with Crippen molar-refractivity contribution in [2.75, 3.05) is 42.3 Å². The van der Waals surface area contributed by atoms with Gasteiger partial charge in [-0.15, -0.1) is 5.10 Å². The molecule has 30 heavy (non-hydrogen) atoms. The fourth-order valence-corrected chi connectivity index (χ4v) is 4.13. The van der Waals surface area contributed by atoms with Crippen LogP contribution in [0.2, 0.25) is 0 Å². The van der Waals surface area contributed by atoms with Crippen LogP contribution < -0.4 is 10.2 Å². The number of thioether (sulfide) groups is 1. The summed E-state index contributed by atoms with van der Waals surface area (Å²) in [5, 5.41) is 15.5. The van der Waals surface area contributed by atoms with Crippen LogP contribution in [0.4, 0.5) is 11.4 Å². The van der Waals surface area contributed by atoms with E-state index in [1.165, 1.54) is 11.8 Å². The Kier molecular flexibility index (Phi) is 6.29. The average Bonchev–Trinajstić information content (AvgIpc) is 3.21. The van der Waals surface area contributed by atoms with Crippen LogP contribution in [-0.4, -0.2) is 58.2 Å². The number of anilines is 2. The molecule has 0 saturated carbocycles. The van der Waals surface area contributed by atoms with Crippen molar-refractivity contribution >= 4 is 29.0 Å². The highest BCUT2D eigenvalue weighted by atomic mass is 32.2. The molecule has 0 bridgehead atoms. The molecule has 1 N–H and O–H groups in total. The van der Waals surface area contributed by atoms with Gasteiger partial charge >= 0.3 is 0 Å². The molecule has 0 aliphatic carbocycles. The zero-order valence-corrected chi connectivity index (χ0v) is 17.9. The predicted molar refractivity (Wildman–Crippen MR) is 117 cm³/mol. The van der Waals surface area contributed by atoms with Gasteiger partial charge in [-0.05, 0) is 59.7 Å². The quantitative estimate of drug-likeness (QED) is 0.609. The number of aryl methyl sites for hydroxylation is 2.